The Morgan fingerprint density at radius 1 is 1.02 bits per heavy atom. The van der Waals surface area contributed by atoms with Crippen LogP contribution in [0.2, 0.25) is 5.02 Å². The van der Waals surface area contributed by atoms with E-state index in [4.69, 9.17) is 25.8 Å². The van der Waals surface area contributed by atoms with Gasteiger partial charge >= 0.3 is 0 Å². The fourth-order valence-corrected chi connectivity index (χ4v) is 11.8. The minimum Gasteiger partial charge on any atom is -0.490 e. The highest BCUT2D eigenvalue weighted by molar-refractivity contribution is 7.84. The maximum absolute atomic E-state index is 13.7. The quantitative estimate of drug-likeness (QED) is 0.253. The van der Waals surface area contributed by atoms with Crippen molar-refractivity contribution >= 4 is 34.2 Å². The van der Waals surface area contributed by atoms with Gasteiger partial charge in [0.15, 0.2) is 0 Å². The van der Waals surface area contributed by atoms with E-state index in [0.29, 0.717) is 43.3 Å². The number of anilines is 1. The Hall–Kier alpha value is -2.47. The van der Waals surface area contributed by atoms with E-state index in [2.05, 4.69) is 50.6 Å². The van der Waals surface area contributed by atoms with Gasteiger partial charge in [0, 0.05) is 68.4 Å². The van der Waals surface area contributed by atoms with Gasteiger partial charge in [-0.2, -0.15) is 0 Å². The number of hydrogen-bond donors (Lipinski definition) is 1. The molecule has 2 aliphatic carbocycles. The van der Waals surface area contributed by atoms with Gasteiger partial charge in [0.1, 0.15) is 22.3 Å². The molecule has 9 nitrogen and oxygen atoms in total. The average molecular weight is 794 g/mol. The van der Waals surface area contributed by atoms with Gasteiger partial charge in [0.25, 0.3) is 5.91 Å². The van der Waals surface area contributed by atoms with Gasteiger partial charge in [-0.15, -0.1) is 0 Å². The van der Waals surface area contributed by atoms with Crippen LogP contribution in [-0.4, -0.2) is 110 Å². The molecule has 8 rings (SSSR count). The molecule has 1 N–H and O–H groups in total. The smallest absolute Gasteiger partial charge is 0.263 e. The normalized spacial score (nSPS) is 35.0. The number of piperidine rings is 1. The molecule has 1 amide bonds. The van der Waals surface area contributed by atoms with Crippen LogP contribution in [0.5, 0.6) is 5.75 Å². The van der Waals surface area contributed by atoms with Gasteiger partial charge in [-0.1, -0.05) is 43.2 Å². The zero-order valence-electron chi connectivity index (χ0n) is 33.1. The zero-order valence-corrected chi connectivity index (χ0v) is 34.7. The van der Waals surface area contributed by atoms with Crippen LogP contribution in [0.15, 0.2) is 48.6 Å². The van der Waals surface area contributed by atoms with Crippen LogP contribution < -0.4 is 14.4 Å². The summed E-state index contributed by atoms with van der Waals surface area (Å²) in [7, 11) is 0.197. The van der Waals surface area contributed by atoms with E-state index in [9.17, 15) is 9.00 Å². The van der Waals surface area contributed by atoms with Crippen molar-refractivity contribution in [3.05, 3.63) is 70.3 Å². The van der Waals surface area contributed by atoms with E-state index in [1.54, 1.807) is 7.11 Å². The van der Waals surface area contributed by atoms with Crippen molar-refractivity contribution in [2.24, 2.45) is 17.8 Å². The predicted molar refractivity (Wildman–Crippen MR) is 221 cm³/mol. The number of nitrogens with zero attached hydrogens (tertiary/aromatic N) is 3. The third kappa shape index (κ3) is 8.15. The fraction of sp³-hybridized carbons (Fsp3) is 0.659. The minimum absolute atomic E-state index is 0.0883. The van der Waals surface area contributed by atoms with Crippen molar-refractivity contribution in [3.8, 4) is 5.75 Å². The maximum atomic E-state index is 13.7. The summed E-state index contributed by atoms with van der Waals surface area (Å²) < 4.78 is 36.1. The number of fused-ring (bicyclic) bond motifs is 5. The Labute approximate surface area is 336 Å². The molecule has 1 saturated carbocycles. The molecule has 0 aromatic heterocycles. The van der Waals surface area contributed by atoms with E-state index in [-0.39, 0.29) is 22.5 Å². The highest BCUT2D eigenvalue weighted by Gasteiger charge is 2.50. The second-order valence-electron chi connectivity index (χ2n) is 17.5. The van der Waals surface area contributed by atoms with Gasteiger partial charge in [-0.25, -0.2) is 4.21 Å². The summed E-state index contributed by atoms with van der Waals surface area (Å²) in [5, 5.41) is 0.539. The molecule has 6 aliphatic rings. The third-order valence-electron chi connectivity index (χ3n) is 14.1. The number of aryl methyl sites for hydroxylation is 1. The number of amides is 1. The first-order valence-electron chi connectivity index (χ1n) is 21.0. The molecule has 1 spiro atoms. The number of benzene rings is 2. The van der Waals surface area contributed by atoms with Crippen molar-refractivity contribution in [2.75, 3.05) is 77.6 Å². The molecule has 4 aliphatic heterocycles. The summed E-state index contributed by atoms with van der Waals surface area (Å²) in [6, 6.07) is 12.8. The molecule has 3 fully saturated rings. The standard InChI is InChI=1S/C44H61ClN4O5S/c1-31-8-6-18-44(54-23-22-52-3,29-47-20-21-48-19-5-4-10-37(48)27-47)39-14-11-35(39)26-49-28-43(17-7-9-33-24-36(45)13-15-38(33)43)30-53-41-16-12-34(25-40(41)49)42(50)46-55(51)32(31)2/h6,12-13,15-16,18,24-25,31-32,35,37,39H,4-5,7-11,14,17,19-23,26-30H2,1-3H3,(H,46,50)/b18-6+/t31?,32?,35?,37?,39?,43-,44-,55?/m0/s1. The van der Waals surface area contributed by atoms with Crippen LogP contribution in [0.1, 0.15) is 86.7 Å². The highest BCUT2D eigenvalue weighted by Crippen LogP contribution is 2.49. The number of carbonyl (C=O) groups is 1. The molecule has 4 heterocycles. The summed E-state index contributed by atoms with van der Waals surface area (Å²) in [4.78, 5) is 21.6. The first kappa shape index (κ1) is 39.4. The van der Waals surface area contributed by atoms with E-state index in [1.165, 1.54) is 36.9 Å². The number of allylic oxidation sites excluding steroid dienone is 1. The van der Waals surface area contributed by atoms with Crippen LogP contribution in [0.25, 0.3) is 0 Å². The number of carbonyl (C=O) groups excluding carboxylic acids is 1. The minimum atomic E-state index is -1.55. The molecule has 8 atom stereocenters. The summed E-state index contributed by atoms with van der Waals surface area (Å²) >= 11 is 6.55. The highest BCUT2D eigenvalue weighted by atomic mass is 35.5. The van der Waals surface area contributed by atoms with Gasteiger partial charge in [0.05, 0.1) is 30.8 Å². The molecule has 300 valence electrons. The second-order valence-corrected chi connectivity index (χ2v) is 19.5. The number of hydrogen-bond acceptors (Lipinski definition) is 8. The van der Waals surface area contributed by atoms with Crippen LogP contribution >= 0.6 is 11.6 Å². The summed E-state index contributed by atoms with van der Waals surface area (Å²) in [5.41, 5.74) is 3.35. The number of halogens is 1. The largest absolute Gasteiger partial charge is 0.490 e. The average Bonchev–Trinajstić information content (AvgIpc) is 3.32. The first-order chi connectivity index (χ1) is 26.7. The predicted octanol–water partition coefficient (Wildman–Crippen LogP) is 6.79. The fourth-order valence-electron chi connectivity index (χ4n) is 10.6. The Kier molecular flexibility index (Phi) is 12.0. The van der Waals surface area contributed by atoms with Crippen molar-refractivity contribution in [3.63, 3.8) is 0 Å². The second kappa shape index (κ2) is 16.8. The zero-order chi connectivity index (χ0) is 38.2. The van der Waals surface area contributed by atoms with Crippen molar-refractivity contribution in [1.29, 1.82) is 0 Å². The van der Waals surface area contributed by atoms with Crippen LogP contribution in [-0.2, 0) is 32.3 Å². The van der Waals surface area contributed by atoms with Gasteiger partial charge in [-0.05, 0) is 124 Å². The molecule has 2 aromatic carbocycles. The van der Waals surface area contributed by atoms with Crippen LogP contribution in [0.4, 0.5) is 5.69 Å². The lowest BCUT2D eigenvalue weighted by Crippen LogP contribution is -2.61. The number of piperazine rings is 1. The molecule has 2 aromatic rings. The Bertz CT molecular complexity index is 1760. The lowest BCUT2D eigenvalue weighted by atomic mass is 9.63. The van der Waals surface area contributed by atoms with E-state index in [1.807, 2.05) is 31.2 Å². The monoisotopic (exact) mass is 792 g/mol. The first-order valence-corrected chi connectivity index (χ1v) is 22.6. The summed E-state index contributed by atoms with van der Waals surface area (Å²) in [6.45, 7) is 12.7. The lowest BCUT2D eigenvalue weighted by Gasteiger charge is -2.53. The molecule has 0 radical (unpaired) electrons. The molecule has 6 unspecified atom stereocenters. The molecule has 55 heavy (non-hydrogen) atoms. The van der Waals surface area contributed by atoms with Crippen molar-refractivity contribution in [2.45, 2.75) is 93.9 Å². The Morgan fingerprint density at radius 3 is 2.75 bits per heavy atom. The van der Waals surface area contributed by atoms with Crippen molar-refractivity contribution in [1.82, 2.24) is 14.5 Å². The summed E-state index contributed by atoms with van der Waals surface area (Å²) in [5.74, 6) is 1.23. The topological polar surface area (TPSA) is 83.6 Å². The number of nitrogens with one attached hydrogen (secondary N) is 1. The number of rotatable bonds is 6. The Morgan fingerprint density at radius 2 is 1.91 bits per heavy atom. The summed E-state index contributed by atoms with van der Waals surface area (Å²) in [6.07, 6.45) is 14.6. The molecule has 2 bridgehead atoms. The van der Waals surface area contributed by atoms with Gasteiger partial charge in [-0.3, -0.25) is 19.3 Å². The number of ether oxygens (including phenoxy) is 3. The van der Waals surface area contributed by atoms with Gasteiger partial charge < -0.3 is 19.1 Å². The third-order valence-corrected chi connectivity index (χ3v) is 15.9. The molecule has 2 saturated heterocycles. The number of methoxy groups -OCH3 is 1. The van der Waals surface area contributed by atoms with Crippen molar-refractivity contribution < 1.29 is 23.2 Å². The molecular weight excluding hydrogens is 732 g/mol. The van der Waals surface area contributed by atoms with Gasteiger partial charge in [0.2, 0.25) is 0 Å². The molecule has 11 heteroatoms. The van der Waals surface area contributed by atoms with E-state index < -0.39 is 16.6 Å². The van der Waals surface area contributed by atoms with Crippen LogP contribution in [0, 0.1) is 17.8 Å². The van der Waals surface area contributed by atoms with E-state index >= 15 is 0 Å². The Balaban J connectivity index is 1.19. The molecular formula is C44H61ClN4O5S. The lowest BCUT2D eigenvalue weighted by molar-refractivity contribution is -0.127. The van der Waals surface area contributed by atoms with Crippen LogP contribution in [0.3, 0.4) is 0 Å². The SMILES string of the molecule is COCCO[C@]1(CN2CCN3CCCCC3C2)/C=C/CC(C)C(C)S(=O)NC(=O)c2ccc3c(c2)N(CC2CCC21)C[C@@]1(CCCc2cc(Cl)ccc21)CO3. The van der Waals surface area contributed by atoms with E-state index in [0.717, 1.165) is 94.3 Å². The maximum Gasteiger partial charge on any atom is 0.263 e.